The summed E-state index contributed by atoms with van der Waals surface area (Å²) in [6.07, 6.45) is 68.3. The van der Waals surface area contributed by atoms with Crippen LogP contribution in [0.1, 0.15) is 181 Å². The average Bonchev–Trinajstić information content (AvgIpc) is 3.26. The van der Waals surface area contributed by atoms with Crippen molar-refractivity contribution in [1.29, 1.82) is 0 Å². The molecule has 0 aliphatic heterocycles. The number of allylic oxidation sites excluding steroid dienone is 21. The maximum atomic E-state index is 13.1. The number of unbranched alkanes of at least 4 members (excludes halogenated alkanes) is 9. The van der Waals surface area contributed by atoms with Gasteiger partial charge < -0.3 is 20.3 Å². The Morgan fingerprint density at radius 2 is 0.887 bits per heavy atom. The van der Waals surface area contributed by atoms with Crippen LogP contribution in [0, 0.1) is 0 Å². The molecule has 62 heavy (non-hydrogen) atoms. The average molecular weight is 856 g/mol. The van der Waals surface area contributed by atoms with Crippen LogP contribution in [0.15, 0.2) is 134 Å². The lowest BCUT2D eigenvalue weighted by molar-refractivity contribution is -0.148. The molecular weight excluding hydrogens is 767 g/mol. The van der Waals surface area contributed by atoms with Gasteiger partial charge in [0.1, 0.15) is 6.10 Å². The van der Waals surface area contributed by atoms with E-state index in [1.54, 1.807) is 6.08 Å². The van der Waals surface area contributed by atoms with E-state index in [1.807, 2.05) is 6.08 Å². The standard InChI is InChI=1S/C56H89NO5/c1-4-7-10-13-16-19-21-23-25-27-29-31-33-36-38-41-44-47-52(50-55(60)57-53(51-58)54(59)48-45-42-39-35-18-15-12-9-6-3)62-56(61)49-46-43-40-37-34-32-30-28-26-24-22-20-17-14-11-8-5-2/h7-8,10-11,16-17,19-20,23-26,29-32,36-38,40,44,47,52-54,58-59H,4-6,9,12-15,18,21-22,27-28,33-35,39,41-43,45-46,48-51H2,1-3H3,(H,57,60)/b10-7-,11-8-,19-16-,20-17-,25-23-,26-24-,31-29-,32-30-,38-36-,40-37-,47-44-. The molecule has 0 aromatic rings. The molecule has 0 aromatic heterocycles. The van der Waals surface area contributed by atoms with Crippen molar-refractivity contribution in [2.75, 3.05) is 6.61 Å². The number of rotatable bonds is 41. The van der Waals surface area contributed by atoms with Crippen LogP contribution < -0.4 is 5.32 Å². The molecule has 0 radical (unpaired) electrons. The Labute approximate surface area is 380 Å². The Bertz CT molecular complexity index is 1370. The third-order valence-electron chi connectivity index (χ3n) is 9.97. The van der Waals surface area contributed by atoms with Crippen LogP contribution in [-0.4, -0.2) is 46.9 Å². The summed E-state index contributed by atoms with van der Waals surface area (Å²) in [5, 5.41) is 23.6. The normalized spacial score (nSPS) is 14.5. The molecule has 3 unspecified atom stereocenters. The van der Waals surface area contributed by atoms with Gasteiger partial charge >= 0.3 is 5.97 Å². The molecule has 6 heteroatoms. The molecule has 0 saturated carbocycles. The molecule has 0 aliphatic rings. The molecule has 0 heterocycles. The minimum absolute atomic E-state index is 0.0794. The van der Waals surface area contributed by atoms with Crippen molar-refractivity contribution < 1.29 is 24.5 Å². The highest BCUT2D eigenvalue weighted by atomic mass is 16.5. The van der Waals surface area contributed by atoms with Gasteiger partial charge in [-0.1, -0.05) is 206 Å². The smallest absolute Gasteiger partial charge is 0.306 e. The lowest BCUT2D eigenvalue weighted by Gasteiger charge is -2.23. The van der Waals surface area contributed by atoms with Gasteiger partial charge in [-0.2, -0.15) is 0 Å². The van der Waals surface area contributed by atoms with Crippen molar-refractivity contribution in [2.24, 2.45) is 0 Å². The number of aliphatic hydroxyl groups excluding tert-OH is 2. The van der Waals surface area contributed by atoms with Crippen LogP contribution in [0.4, 0.5) is 0 Å². The number of ether oxygens (including phenoxy) is 1. The highest BCUT2D eigenvalue weighted by molar-refractivity contribution is 5.78. The third-order valence-corrected chi connectivity index (χ3v) is 9.97. The van der Waals surface area contributed by atoms with Gasteiger partial charge in [0.2, 0.25) is 5.91 Å². The summed E-state index contributed by atoms with van der Waals surface area (Å²) in [7, 11) is 0. The zero-order valence-corrected chi connectivity index (χ0v) is 39.4. The topological polar surface area (TPSA) is 95.9 Å². The summed E-state index contributed by atoms with van der Waals surface area (Å²) in [4.78, 5) is 26.0. The molecule has 6 nitrogen and oxygen atoms in total. The van der Waals surface area contributed by atoms with Crippen molar-refractivity contribution in [3.05, 3.63) is 134 Å². The molecule has 0 aliphatic carbocycles. The lowest BCUT2D eigenvalue weighted by Crippen LogP contribution is -2.46. The molecule has 0 aromatic carbocycles. The molecule has 0 bridgehead atoms. The lowest BCUT2D eigenvalue weighted by atomic mass is 10.0. The number of amides is 1. The van der Waals surface area contributed by atoms with Crippen LogP contribution in [-0.2, 0) is 14.3 Å². The van der Waals surface area contributed by atoms with Gasteiger partial charge in [-0.25, -0.2) is 0 Å². The summed E-state index contributed by atoms with van der Waals surface area (Å²) in [5.74, 6) is -0.718. The molecule has 3 atom stereocenters. The van der Waals surface area contributed by atoms with E-state index in [2.05, 4.69) is 148 Å². The van der Waals surface area contributed by atoms with E-state index < -0.39 is 18.2 Å². The van der Waals surface area contributed by atoms with Gasteiger partial charge in [-0.05, 0) is 96.0 Å². The van der Waals surface area contributed by atoms with Crippen LogP contribution in [0.25, 0.3) is 0 Å². The first-order valence-electron chi connectivity index (χ1n) is 24.4. The number of esters is 1. The van der Waals surface area contributed by atoms with Gasteiger partial charge in [0.25, 0.3) is 0 Å². The molecule has 1 amide bonds. The van der Waals surface area contributed by atoms with E-state index in [4.69, 9.17) is 4.74 Å². The van der Waals surface area contributed by atoms with Crippen molar-refractivity contribution >= 4 is 11.9 Å². The van der Waals surface area contributed by atoms with E-state index in [0.29, 0.717) is 19.3 Å². The molecule has 348 valence electrons. The van der Waals surface area contributed by atoms with Crippen LogP contribution >= 0.6 is 0 Å². The van der Waals surface area contributed by atoms with Crippen molar-refractivity contribution in [3.63, 3.8) is 0 Å². The minimum Gasteiger partial charge on any atom is -0.458 e. The van der Waals surface area contributed by atoms with Crippen LogP contribution in [0.5, 0.6) is 0 Å². The van der Waals surface area contributed by atoms with E-state index in [0.717, 1.165) is 89.9 Å². The minimum atomic E-state index is -0.837. The Kier molecular flexibility index (Phi) is 44.9. The Morgan fingerprint density at radius 3 is 1.31 bits per heavy atom. The first-order chi connectivity index (χ1) is 30.5. The number of aliphatic hydroxyl groups is 2. The highest BCUT2D eigenvalue weighted by Gasteiger charge is 2.23. The van der Waals surface area contributed by atoms with Crippen LogP contribution in [0.2, 0.25) is 0 Å². The second-order valence-electron chi connectivity index (χ2n) is 15.7. The number of carbonyl (C=O) groups is 2. The Balaban J connectivity index is 4.92. The van der Waals surface area contributed by atoms with E-state index in [-0.39, 0.29) is 31.3 Å². The van der Waals surface area contributed by atoms with Crippen molar-refractivity contribution in [2.45, 2.75) is 200 Å². The molecule has 0 saturated heterocycles. The summed E-state index contributed by atoms with van der Waals surface area (Å²) in [6, 6.07) is -0.762. The van der Waals surface area contributed by atoms with Gasteiger partial charge in [0, 0.05) is 6.42 Å². The maximum absolute atomic E-state index is 13.1. The van der Waals surface area contributed by atoms with Crippen molar-refractivity contribution in [3.8, 4) is 0 Å². The predicted octanol–water partition coefficient (Wildman–Crippen LogP) is 14.7. The van der Waals surface area contributed by atoms with Gasteiger partial charge in [-0.15, -0.1) is 0 Å². The van der Waals surface area contributed by atoms with Gasteiger partial charge in [-0.3, -0.25) is 9.59 Å². The molecule has 3 N–H and O–H groups in total. The zero-order valence-electron chi connectivity index (χ0n) is 39.4. The number of hydrogen-bond acceptors (Lipinski definition) is 5. The number of nitrogens with one attached hydrogen (secondary N) is 1. The molecule has 0 spiro atoms. The Morgan fingerprint density at radius 1 is 0.500 bits per heavy atom. The summed E-state index contributed by atoms with van der Waals surface area (Å²) < 4.78 is 5.78. The van der Waals surface area contributed by atoms with E-state index in [1.165, 1.54) is 38.5 Å². The highest BCUT2D eigenvalue weighted by Crippen LogP contribution is 2.14. The fourth-order valence-electron chi connectivity index (χ4n) is 6.34. The molecular formula is C56H89NO5. The second-order valence-corrected chi connectivity index (χ2v) is 15.7. The van der Waals surface area contributed by atoms with Crippen molar-refractivity contribution in [1.82, 2.24) is 5.32 Å². The third kappa shape index (κ3) is 42.7. The quantitative estimate of drug-likeness (QED) is 0.0323. The zero-order chi connectivity index (χ0) is 45.2. The fraction of sp³-hybridized carbons (Fsp3) is 0.571. The van der Waals surface area contributed by atoms with E-state index >= 15 is 0 Å². The fourth-order valence-corrected chi connectivity index (χ4v) is 6.34. The Hall–Kier alpha value is -4.00. The first kappa shape index (κ1) is 58.0. The summed E-state index contributed by atoms with van der Waals surface area (Å²) in [5.41, 5.74) is 0. The van der Waals surface area contributed by atoms with Gasteiger partial charge in [0.15, 0.2) is 0 Å². The van der Waals surface area contributed by atoms with Gasteiger partial charge in [0.05, 0.1) is 25.2 Å². The summed E-state index contributed by atoms with van der Waals surface area (Å²) >= 11 is 0. The first-order valence-corrected chi connectivity index (χ1v) is 24.4. The van der Waals surface area contributed by atoms with Crippen LogP contribution in [0.3, 0.4) is 0 Å². The predicted molar refractivity (Wildman–Crippen MR) is 268 cm³/mol. The largest absolute Gasteiger partial charge is 0.458 e. The number of hydrogen-bond donors (Lipinski definition) is 3. The molecule has 0 rings (SSSR count). The monoisotopic (exact) mass is 856 g/mol. The van der Waals surface area contributed by atoms with E-state index in [9.17, 15) is 19.8 Å². The second kappa shape index (κ2) is 48.0. The maximum Gasteiger partial charge on any atom is 0.306 e. The summed E-state index contributed by atoms with van der Waals surface area (Å²) in [6.45, 7) is 6.16. The molecule has 0 fully saturated rings. The SMILES string of the molecule is CC/C=C\C/C=C\C/C=C\C/C=C\C/C=C\C/C=C\C(CC(=O)NC(CO)C(O)CCCCCCCCCCC)OC(=O)CCC/C=C\C/C=C\C/C=C\C/C=C\C/C=C\CC. The number of carbonyl (C=O) groups excluding carboxylic acids is 2.